The minimum atomic E-state index is -3.65. The van der Waals surface area contributed by atoms with Crippen LogP contribution in [0, 0.1) is 20.8 Å². The van der Waals surface area contributed by atoms with E-state index in [1.54, 1.807) is 47.7 Å². The monoisotopic (exact) mass is 465 g/mol. The first-order chi connectivity index (χ1) is 15.7. The minimum absolute atomic E-state index is 0.0171. The predicted octanol–water partition coefficient (Wildman–Crippen LogP) is 3.09. The number of aromatic nitrogens is 2. The van der Waals surface area contributed by atoms with Crippen molar-refractivity contribution in [2.45, 2.75) is 32.2 Å². The summed E-state index contributed by atoms with van der Waals surface area (Å²) in [5.41, 5.74) is 6.12. The standard InChI is InChI=1S/C23H23N5O4S/c1-15-4-9-20(10-5-15)33(30,31)25-13-19-8-7-18(32-19)12-24-27-23(29)22-17(3)26-21-11-6-16(2)14-28(21)22/h4-12,14,25H,13H2,1-3H3,(H,27,29)/b24-12+. The Morgan fingerprint density at radius 3 is 2.55 bits per heavy atom. The average Bonchev–Trinajstić information content (AvgIpc) is 3.35. The Balaban J connectivity index is 1.38. The van der Waals surface area contributed by atoms with Crippen LogP contribution in [0.4, 0.5) is 0 Å². The molecule has 2 N–H and O–H groups in total. The van der Waals surface area contributed by atoms with Crippen molar-refractivity contribution in [1.82, 2.24) is 19.5 Å². The van der Waals surface area contributed by atoms with Gasteiger partial charge in [0, 0.05) is 6.20 Å². The number of fused-ring (bicyclic) bond motifs is 1. The van der Waals surface area contributed by atoms with Gasteiger partial charge < -0.3 is 4.42 Å². The first kappa shape index (κ1) is 22.4. The van der Waals surface area contributed by atoms with E-state index in [-0.39, 0.29) is 11.4 Å². The summed E-state index contributed by atoms with van der Waals surface area (Å²) in [5, 5.41) is 3.95. The van der Waals surface area contributed by atoms with Gasteiger partial charge in [-0.15, -0.1) is 0 Å². The summed E-state index contributed by atoms with van der Waals surface area (Å²) in [6.07, 6.45) is 3.18. The minimum Gasteiger partial charge on any atom is -0.459 e. The normalized spacial score (nSPS) is 12.0. The van der Waals surface area contributed by atoms with Gasteiger partial charge in [-0.25, -0.2) is 23.5 Å². The van der Waals surface area contributed by atoms with Gasteiger partial charge in [-0.1, -0.05) is 23.8 Å². The number of hydrogen-bond acceptors (Lipinski definition) is 6. The van der Waals surface area contributed by atoms with Gasteiger partial charge in [0.2, 0.25) is 10.0 Å². The Hall–Kier alpha value is -3.76. The highest BCUT2D eigenvalue weighted by atomic mass is 32.2. The van der Waals surface area contributed by atoms with Crippen molar-refractivity contribution in [3.63, 3.8) is 0 Å². The zero-order valence-electron chi connectivity index (χ0n) is 18.4. The van der Waals surface area contributed by atoms with Crippen LogP contribution in [0.25, 0.3) is 5.65 Å². The third kappa shape index (κ3) is 5.02. The van der Waals surface area contributed by atoms with Crippen molar-refractivity contribution in [2.75, 3.05) is 0 Å². The number of hydrazone groups is 1. The van der Waals surface area contributed by atoms with Gasteiger partial charge in [0.15, 0.2) is 0 Å². The van der Waals surface area contributed by atoms with Crippen molar-refractivity contribution in [1.29, 1.82) is 0 Å². The molecule has 0 saturated carbocycles. The maximum absolute atomic E-state index is 12.6. The fraction of sp³-hybridized carbons (Fsp3) is 0.174. The van der Waals surface area contributed by atoms with E-state index < -0.39 is 15.9 Å². The number of imidazole rings is 1. The molecular weight excluding hydrogens is 442 g/mol. The highest BCUT2D eigenvalue weighted by Crippen LogP contribution is 2.14. The first-order valence-electron chi connectivity index (χ1n) is 10.2. The van der Waals surface area contributed by atoms with Crippen LogP contribution in [0.5, 0.6) is 0 Å². The van der Waals surface area contributed by atoms with Gasteiger partial charge in [0.25, 0.3) is 5.91 Å². The quantitative estimate of drug-likeness (QED) is 0.321. The van der Waals surface area contributed by atoms with Gasteiger partial charge in [-0.3, -0.25) is 9.20 Å². The average molecular weight is 466 g/mol. The number of hydrogen-bond donors (Lipinski definition) is 2. The number of furan rings is 1. The van der Waals surface area contributed by atoms with Gasteiger partial charge in [0.05, 0.1) is 23.3 Å². The van der Waals surface area contributed by atoms with Crippen molar-refractivity contribution < 1.29 is 17.6 Å². The van der Waals surface area contributed by atoms with Crippen LogP contribution in [0.1, 0.15) is 38.8 Å². The van der Waals surface area contributed by atoms with Crippen LogP contribution < -0.4 is 10.1 Å². The van der Waals surface area contributed by atoms with Gasteiger partial charge in [-0.2, -0.15) is 5.10 Å². The molecule has 0 aliphatic carbocycles. The first-order valence-corrected chi connectivity index (χ1v) is 11.6. The second kappa shape index (κ2) is 9.00. The Bertz CT molecular complexity index is 1450. The Morgan fingerprint density at radius 2 is 1.79 bits per heavy atom. The molecule has 3 aromatic heterocycles. The highest BCUT2D eigenvalue weighted by molar-refractivity contribution is 7.89. The second-order valence-electron chi connectivity index (χ2n) is 7.62. The topological polar surface area (TPSA) is 118 Å². The summed E-state index contributed by atoms with van der Waals surface area (Å²) < 4.78 is 34.6. The fourth-order valence-electron chi connectivity index (χ4n) is 3.28. The van der Waals surface area contributed by atoms with E-state index in [0.717, 1.165) is 11.1 Å². The number of sulfonamides is 1. The third-order valence-corrected chi connectivity index (χ3v) is 6.38. The van der Waals surface area contributed by atoms with E-state index in [1.807, 2.05) is 32.2 Å². The van der Waals surface area contributed by atoms with E-state index >= 15 is 0 Å². The molecule has 170 valence electrons. The maximum Gasteiger partial charge on any atom is 0.290 e. The molecule has 4 rings (SSSR count). The smallest absolute Gasteiger partial charge is 0.290 e. The third-order valence-electron chi connectivity index (χ3n) is 4.96. The SMILES string of the molecule is Cc1ccc(S(=O)(=O)NCc2ccc(/C=N/NC(=O)c3c(C)nc4ccc(C)cn34)o2)cc1. The molecule has 9 nitrogen and oxygen atoms in total. The Kier molecular flexibility index (Phi) is 6.12. The molecule has 4 aromatic rings. The van der Waals surface area contributed by atoms with Crippen LogP contribution in [0.3, 0.4) is 0 Å². The molecular formula is C23H23N5O4S. The molecule has 0 spiro atoms. The second-order valence-corrected chi connectivity index (χ2v) is 9.39. The molecule has 0 saturated heterocycles. The molecule has 3 heterocycles. The number of carbonyl (C=O) groups excluding carboxylic acids is 1. The number of pyridine rings is 1. The maximum atomic E-state index is 12.6. The van der Waals surface area contributed by atoms with E-state index in [2.05, 4.69) is 20.2 Å². The number of benzene rings is 1. The van der Waals surface area contributed by atoms with E-state index in [1.165, 1.54) is 6.21 Å². The number of amides is 1. The molecule has 1 aromatic carbocycles. The molecule has 10 heteroatoms. The van der Waals surface area contributed by atoms with Crippen molar-refractivity contribution in [3.05, 3.63) is 88.8 Å². The molecule has 33 heavy (non-hydrogen) atoms. The summed E-state index contributed by atoms with van der Waals surface area (Å²) in [7, 11) is -3.65. The number of aryl methyl sites for hydroxylation is 3. The van der Waals surface area contributed by atoms with Crippen LogP contribution in [0.2, 0.25) is 0 Å². The lowest BCUT2D eigenvalue weighted by atomic mass is 10.2. The van der Waals surface area contributed by atoms with Crippen molar-refractivity contribution in [3.8, 4) is 0 Å². The Labute approximate surface area is 191 Å². The predicted molar refractivity (Wildman–Crippen MR) is 124 cm³/mol. The number of nitrogens with zero attached hydrogens (tertiary/aromatic N) is 3. The Morgan fingerprint density at radius 1 is 1.06 bits per heavy atom. The zero-order chi connectivity index (χ0) is 23.6. The number of rotatable bonds is 7. The van der Waals surface area contributed by atoms with Gasteiger partial charge >= 0.3 is 0 Å². The number of carbonyl (C=O) groups is 1. The molecule has 0 unspecified atom stereocenters. The lowest BCUT2D eigenvalue weighted by molar-refractivity contribution is 0.0948. The molecule has 0 radical (unpaired) electrons. The van der Waals surface area contributed by atoms with Gasteiger partial charge in [-0.05, 0) is 56.7 Å². The van der Waals surface area contributed by atoms with Crippen LogP contribution in [-0.2, 0) is 16.6 Å². The summed E-state index contributed by atoms with van der Waals surface area (Å²) in [6, 6.07) is 13.6. The summed E-state index contributed by atoms with van der Waals surface area (Å²) >= 11 is 0. The van der Waals surface area contributed by atoms with Crippen molar-refractivity contribution in [2.24, 2.45) is 5.10 Å². The molecule has 1 amide bonds. The molecule has 0 aliphatic heterocycles. The molecule has 0 aliphatic rings. The van der Waals surface area contributed by atoms with Gasteiger partial charge in [0.1, 0.15) is 22.9 Å². The number of nitrogens with one attached hydrogen (secondary N) is 2. The van der Waals surface area contributed by atoms with Crippen LogP contribution >= 0.6 is 0 Å². The summed E-state index contributed by atoms with van der Waals surface area (Å²) in [5.74, 6) is 0.372. The largest absolute Gasteiger partial charge is 0.459 e. The highest BCUT2D eigenvalue weighted by Gasteiger charge is 2.16. The van der Waals surface area contributed by atoms with Crippen LogP contribution in [-0.4, -0.2) is 29.9 Å². The molecule has 0 atom stereocenters. The van der Waals surface area contributed by atoms with Crippen LogP contribution in [0.15, 0.2) is 69.1 Å². The molecule has 0 bridgehead atoms. The van der Waals surface area contributed by atoms with E-state index in [4.69, 9.17) is 4.42 Å². The fourth-order valence-corrected chi connectivity index (χ4v) is 4.27. The van der Waals surface area contributed by atoms with E-state index in [0.29, 0.717) is 28.6 Å². The lowest BCUT2D eigenvalue weighted by Crippen LogP contribution is -2.23. The zero-order valence-corrected chi connectivity index (χ0v) is 19.2. The summed E-state index contributed by atoms with van der Waals surface area (Å²) in [4.78, 5) is 17.2. The van der Waals surface area contributed by atoms with E-state index in [9.17, 15) is 13.2 Å². The molecule has 0 fully saturated rings. The summed E-state index contributed by atoms with van der Waals surface area (Å²) in [6.45, 7) is 5.57. The van der Waals surface area contributed by atoms with Crippen molar-refractivity contribution >= 4 is 27.8 Å². The lowest BCUT2D eigenvalue weighted by Gasteiger charge is -2.05.